The van der Waals surface area contributed by atoms with Gasteiger partial charge in [-0.2, -0.15) is 0 Å². The first-order chi connectivity index (χ1) is 39.1. The lowest BCUT2D eigenvalue weighted by molar-refractivity contribution is -0.310. The lowest BCUT2D eigenvalue weighted by atomic mass is 9.40. The number of nitrogens with one attached hydrogen (secondary N) is 3. The molecule has 12 atom stereocenters. The summed E-state index contributed by atoms with van der Waals surface area (Å²) in [7, 11) is 4.27. The van der Waals surface area contributed by atoms with Gasteiger partial charge in [0.2, 0.25) is 17.9 Å². The van der Waals surface area contributed by atoms with Gasteiger partial charge in [-0.1, -0.05) is 74.5 Å². The van der Waals surface area contributed by atoms with Crippen molar-refractivity contribution in [3.8, 4) is 0 Å². The van der Waals surface area contributed by atoms with Gasteiger partial charge in [-0.3, -0.25) is 24.0 Å². The molecule has 4 unspecified atom stereocenters. The van der Waals surface area contributed by atoms with E-state index in [4.69, 9.17) is 37.9 Å². The fourth-order valence-corrected chi connectivity index (χ4v) is 13.5. The van der Waals surface area contributed by atoms with Crippen LogP contribution in [0.2, 0.25) is 0 Å². The van der Waals surface area contributed by atoms with E-state index in [1.165, 1.54) is 35.2 Å². The predicted octanol–water partition coefficient (Wildman–Crippen LogP) is 5.86. The molecule has 1 heterocycles. The van der Waals surface area contributed by atoms with Gasteiger partial charge in [-0.05, 0) is 103 Å². The number of alkyl carbamates (subject to hydrolysis) is 1. The molecule has 2 aromatic carbocycles. The number of aliphatic hydroxyl groups is 1. The first-order valence-electron chi connectivity index (χ1n) is 28.4. The molecule has 1 saturated heterocycles. The normalized spacial score (nSPS) is 27.5. The topological polar surface area (TPSA) is 284 Å². The zero-order valence-corrected chi connectivity index (χ0v) is 50.0. The number of rotatable bonds is 26. The molecule has 6 rings (SSSR count). The summed E-state index contributed by atoms with van der Waals surface area (Å²) < 4.78 is 47.1. The van der Waals surface area contributed by atoms with Gasteiger partial charge in [-0.15, -0.1) is 0 Å². The molecule has 2 bridgehead atoms. The summed E-state index contributed by atoms with van der Waals surface area (Å²) in [5, 5.41) is 22.2. The number of hydrogen-bond acceptors (Lipinski definition) is 18. The maximum atomic E-state index is 16.1. The summed E-state index contributed by atoms with van der Waals surface area (Å²) >= 11 is 0. The largest absolute Gasteiger partial charge is 0.455 e. The standard InChI is InChI=1S/C62H85N3O18/c1-36(66)31-61-35-80-46(61)30-45(77-11)60(9)54(61)41(29-43(68)39-21-15-13-16-22-39)62(75)27-26-44(37(2)50(59(62,7)8)52(78-12)55(60)72)81-56(73)53(51(40-23-17-14-18-24-40)65-57(74)83-58(4,5)6)82-49(71)34-79-33-48(70)64-42(38(3)67)25-19-20-28-63-47(69)32-76-10/h13-18,21-24,41-42,44-46,51-54,75H,19-20,25-35H2,1-12H3,(H,63,69)(H,64,70)(H,65,74)/t41-,42?,44-,45-,46?,51-,52+,53?,54?,60+,61+,62+/m0/s1. The molecule has 4 aliphatic rings. The highest BCUT2D eigenvalue weighted by Crippen LogP contribution is 2.69. The van der Waals surface area contributed by atoms with Crippen LogP contribution in [0.4, 0.5) is 4.79 Å². The lowest BCUT2D eigenvalue weighted by Gasteiger charge is -2.69. The molecule has 3 aliphatic carbocycles. The van der Waals surface area contributed by atoms with Crippen molar-refractivity contribution in [2.24, 2.45) is 28.1 Å². The summed E-state index contributed by atoms with van der Waals surface area (Å²) in [5.41, 5.74) is -5.64. The molecule has 0 radical (unpaired) electrons. The number of hydrogen-bond donors (Lipinski definition) is 4. The average Bonchev–Trinajstić information content (AvgIpc) is 1.40. The minimum absolute atomic E-state index is 0.00720. The molecule has 21 heteroatoms. The van der Waals surface area contributed by atoms with Crippen LogP contribution in [0.15, 0.2) is 71.8 Å². The van der Waals surface area contributed by atoms with Crippen LogP contribution in [0.25, 0.3) is 0 Å². The van der Waals surface area contributed by atoms with Crippen LogP contribution in [0.1, 0.15) is 136 Å². The van der Waals surface area contributed by atoms with Crippen molar-refractivity contribution in [3.05, 3.63) is 82.9 Å². The van der Waals surface area contributed by atoms with E-state index in [2.05, 4.69) is 16.0 Å². The summed E-state index contributed by atoms with van der Waals surface area (Å²) in [5.74, 6) is -6.53. The Hall–Kier alpha value is -6.23. The van der Waals surface area contributed by atoms with E-state index in [-0.39, 0.29) is 86.1 Å². The Morgan fingerprint density at radius 1 is 0.843 bits per heavy atom. The number of carbonyl (C=O) groups excluding carboxylic acids is 9. The van der Waals surface area contributed by atoms with Crippen LogP contribution in [0, 0.1) is 28.1 Å². The summed E-state index contributed by atoms with van der Waals surface area (Å²) in [6.07, 6.45) is -6.07. The molecule has 3 fully saturated rings. The molecular formula is C62H85N3O18. The maximum absolute atomic E-state index is 16.1. The highest BCUT2D eigenvalue weighted by molar-refractivity contribution is 5.97. The third-order valence-electron chi connectivity index (χ3n) is 17.3. The fourth-order valence-electron chi connectivity index (χ4n) is 13.5. The van der Waals surface area contributed by atoms with E-state index in [9.17, 15) is 38.7 Å². The molecule has 2 aromatic rings. The number of methoxy groups -OCH3 is 3. The van der Waals surface area contributed by atoms with E-state index >= 15 is 9.59 Å². The van der Waals surface area contributed by atoms with Gasteiger partial charge in [0.05, 0.1) is 35.9 Å². The highest BCUT2D eigenvalue weighted by atomic mass is 16.6. The Labute approximate surface area is 486 Å². The van der Waals surface area contributed by atoms with Crippen LogP contribution in [-0.4, -0.2) is 160 Å². The predicted molar refractivity (Wildman–Crippen MR) is 300 cm³/mol. The first-order valence-corrected chi connectivity index (χ1v) is 28.4. The number of benzene rings is 2. The van der Waals surface area contributed by atoms with Gasteiger partial charge >= 0.3 is 18.0 Å². The molecule has 456 valence electrons. The number of amides is 3. The summed E-state index contributed by atoms with van der Waals surface area (Å²) in [4.78, 5) is 125. The molecule has 4 N–H and O–H groups in total. The Balaban J connectivity index is 1.38. The van der Waals surface area contributed by atoms with E-state index in [0.29, 0.717) is 30.5 Å². The Morgan fingerprint density at radius 3 is 2.08 bits per heavy atom. The quantitative estimate of drug-likeness (QED) is 0.0282. The van der Waals surface area contributed by atoms with Crippen LogP contribution in [0.5, 0.6) is 0 Å². The number of ether oxygens (including phenoxy) is 8. The second-order valence-electron chi connectivity index (χ2n) is 24.3. The molecule has 2 saturated carbocycles. The zero-order chi connectivity index (χ0) is 61.2. The van der Waals surface area contributed by atoms with Crippen molar-refractivity contribution in [2.75, 3.05) is 54.3 Å². The SMILES string of the molecule is COCC(=O)NCCCCC(NC(=O)COCC(=O)OC(C(=O)O[C@H]1CC[C@@]2(O)[C@@H](CC(=O)c3ccccc3)C3[C@]4(CC(C)=O)COC4C[C@H](OC)[C@@]3(C)C(=O)[C@H](OC)C(=C1C)C2(C)C)[C@@H](NC(=O)OC(C)(C)C)c1ccccc1)C(C)=O. The summed E-state index contributed by atoms with van der Waals surface area (Å²) in [6, 6.07) is 14.4. The Kier molecular flexibility index (Phi) is 22.0. The van der Waals surface area contributed by atoms with E-state index in [1.54, 1.807) is 109 Å². The molecular weight excluding hydrogens is 1070 g/mol. The van der Waals surface area contributed by atoms with Gasteiger partial charge in [0.1, 0.15) is 49.5 Å². The third-order valence-corrected chi connectivity index (χ3v) is 17.3. The first kappa shape index (κ1) is 65.9. The lowest BCUT2D eigenvalue weighted by Crippen LogP contribution is -2.75. The molecule has 0 aromatic heterocycles. The molecule has 3 amide bonds. The Bertz CT molecular complexity index is 2730. The molecule has 21 nitrogen and oxygen atoms in total. The number of ketones is 4. The van der Waals surface area contributed by atoms with Crippen molar-refractivity contribution >= 4 is 53.0 Å². The zero-order valence-electron chi connectivity index (χ0n) is 50.0. The third kappa shape index (κ3) is 14.6. The van der Waals surface area contributed by atoms with Crippen LogP contribution in [0.3, 0.4) is 0 Å². The van der Waals surface area contributed by atoms with Crippen LogP contribution < -0.4 is 16.0 Å². The van der Waals surface area contributed by atoms with Crippen molar-refractivity contribution in [1.82, 2.24) is 16.0 Å². The van der Waals surface area contributed by atoms with Crippen LogP contribution in [-0.2, 0) is 71.5 Å². The second-order valence-corrected chi connectivity index (χ2v) is 24.3. The van der Waals surface area contributed by atoms with E-state index in [0.717, 1.165) is 0 Å². The van der Waals surface area contributed by atoms with Gasteiger partial charge in [0.15, 0.2) is 17.3 Å². The molecule has 0 spiro atoms. The van der Waals surface area contributed by atoms with Gasteiger partial charge < -0.3 is 63.7 Å². The van der Waals surface area contributed by atoms with Crippen molar-refractivity contribution < 1.29 is 86.2 Å². The van der Waals surface area contributed by atoms with Crippen molar-refractivity contribution in [3.63, 3.8) is 0 Å². The number of unbranched alkanes of at least 4 members (excludes halogenated alkanes) is 1. The van der Waals surface area contributed by atoms with Crippen molar-refractivity contribution in [2.45, 2.75) is 167 Å². The maximum Gasteiger partial charge on any atom is 0.408 e. The minimum atomic E-state index is -1.99. The smallest absolute Gasteiger partial charge is 0.408 e. The van der Waals surface area contributed by atoms with E-state index in [1.807, 2.05) is 0 Å². The van der Waals surface area contributed by atoms with Gasteiger partial charge in [0, 0.05) is 69.4 Å². The Morgan fingerprint density at radius 2 is 1.51 bits per heavy atom. The van der Waals surface area contributed by atoms with Crippen molar-refractivity contribution in [1.29, 1.82) is 0 Å². The number of Topliss-reactive ketones (excluding diaryl/α,β-unsaturated/α-hetero) is 4. The van der Waals surface area contributed by atoms with Gasteiger partial charge in [0.25, 0.3) is 0 Å². The monoisotopic (exact) mass is 1160 g/mol. The van der Waals surface area contributed by atoms with Crippen LogP contribution >= 0.6 is 0 Å². The number of esters is 2. The highest BCUT2D eigenvalue weighted by Gasteiger charge is 2.75. The molecule has 83 heavy (non-hydrogen) atoms. The van der Waals surface area contributed by atoms with Gasteiger partial charge in [-0.25, -0.2) is 14.4 Å². The number of carbonyl (C=O) groups is 9. The molecule has 1 aliphatic heterocycles. The fraction of sp³-hybridized carbons (Fsp3) is 0.629. The minimum Gasteiger partial charge on any atom is -0.455 e. The second kappa shape index (κ2) is 27.7. The number of fused-ring (bicyclic) bond motifs is 5. The summed E-state index contributed by atoms with van der Waals surface area (Å²) in [6.45, 7) is 13.4. The average molecular weight is 1160 g/mol. The van der Waals surface area contributed by atoms with E-state index < -0.39 is 125 Å².